The average molecular weight is 351 g/mol. The van der Waals surface area contributed by atoms with E-state index in [1.165, 1.54) is 11.1 Å². The van der Waals surface area contributed by atoms with E-state index in [2.05, 4.69) is 33.4 Å². The van der Waals surface area contributed by atoms with Crippen LogP contribution in [0.3, 0.4) is 0 Å². The molecule has 1 aromatic heterocycles. The molecule has 26 heavy (non-hydrogen) atoms. The standard InChI is InChI=1S/C21H25N3O2/c25-21(19-3-1-2-10-22-19)23-18-7-12-24(13-8-18)11-6-16-4-5-20-17(15-16)9-14-26-20/h1-5,10,15,18H,6-9,11-14H2,(H,23,25). The Labute approximate surface area is 154 Å². The summed E-state index contributed by atoms with van der Waals surface area (Å²) in [5.74, 6) is 0.989. The smallest absolute Gasteiger partial charge is 0.270 e. The molecular weight excluding hydrogens is 326 g/mol. The van der Waals surface area contributed by atoms with Crippen LogP contribution in [0.15, 0.2) is 42.6 Å². The third kappa shape index (κ3) is 4.05. The van der Waals surface area contributed by atoms with Crippen LogP contribution in [-0.4, -0.2) is 48.1 Å². The van der Waals surface area contributed by atoms with Crippen molar-refractivity contribution in [3.8, 4) is 5.75 Å². The van der Waals surface area contributed by atoms with Gasteiger partial charge < -0.3 is 15.0 Å². The highest BCUT2D eigenvalue weighted by Gasteiger charge is 2.21. The number of aromatic nitrogens is 1. The topological polar surface area (TPSA) is 54.5 Å². The summed E-state index contributed by atoms with van der Waals surface area (Å²) >= 11 is 0. The molecule has 5 heteroatoms. The number of pyridine rings is 1. The molecule has 1 aromatic carbocycles. The summed E-state index contributed by atoms with van der Waals surface area (Å²) in [5, 5.41) is 3.12. The van der Waals surface area contributed by atoms with Crippen LogP contribution in [0.25, 0.3) is 0 Å². The van der Waals surface area contributed by atoms with Gasteiger partial charge in [0.2, 0.25) is 0 Å². The number of amides is 1. The van der Waals surface area contributed by atoms with E-state index in [-0.39, 0.29) is 11.9 Å². The lowest BCUT2D eigenvalue weighted by Gasteiger charge is -2.32. The number of hydrogen-bond donors (Lipinski definition) is 1. The van der Waals surface area contributed by atoms with Crippen LogP contribution >= 0.6 is 0 Å². The van der Waals surface area contributed by atoms with Gasteiger partial charge in [-0.05, 0) is 48.6 Å². The minimum absolute atomic E-state index is 0.0654. The maximum absolute atomic E-state index is 12.2. The molecule has 0 radical (unpaired) electrons. The van der Waals surface area contributed by atoms with Crippen LogP contribution in [0.4, 0.5) is 0 Å². The quantitative estimate of drug-likeness (QED) is 0.899. The van der Waals surface area contributed by atoms with Gasteiger partial charge in [-0.3, -0.25) is 9.78 Å². The number of ether oxygens (including phenoxy) is 1. The van der Waals surface area contributed by atoms with Gasteiger partial charge in [-0.25, -0.2) is 0 Å². The number of nitrogens with one attached hydrogen (secondary N) is 1. The molecule has 2 aliphatic heterocycles. The maximum Gasteiger partial charge on any atom is 0.270 e. The number of nitrogens with zero attached hydrogens (tertiary/aromatic N) is 2. The Morgan fingerprint density at radius 1 is 1.23 bits per heavy atom. The third-order valence-corrected chi connectivity index (χ3v) is 5.29. The number of likely N-dealkylation sites (tertiary alicyclic amines) is 1. The van der Waals surface area contributed by atoms with E-state index in [1.807, 2.05) is 12.1 Å². The second-order valence-electron chi connectivity index (χ2n) is 7.09. The Kier molecular flexibility index (Phi) is 5.16. The van der Waals surface area contributed by atoms with Gasteiger partial charge in [-0.1, -0.05) is 18.2 Å². The summed E-state index contributed by atoms with van der Waals surface area (Å²) in [7, 11) is 0. The predicted molar refractivity (Wildman–Crippen MR) is 101 cm³/mol. The fourth-order valence-electron chi connectivity index (χ4n) is 3.74. The first kappa shape index (κ1) is 17.0. The van der Waals surface area contributed by atoms with E-state index < -0.39 is 0 Å². The van der Waals surface area contributed by atoms with Crippen LogP contribution in [0.1, 0.15) is 34.5 Å². The summed E-state index contributed by atoms with van der Waals surface area (Å²) in [6.07, 6.45) is 5.75. The van der Waals surface area contributed by atoms with Gasteiger partial charge in [0, 0.05) is 38.3 Å². The molecule has 3 heterocycles. The van der Waals surface area contributed by atoms with Crippen molar-refractivity contribution in [1.82, 2.24) is 15.2 Å². The molecule has 0 aliphatic carbocycles. The molecule has 1 N–H and O–H groups in total. The van der Waals surface area contributed by atoms with Gasteiger partial charge in [0.1, 0.15) is 11.4 Å². The highest BCUT2D eigenvalue weighted by molar-refractivity contribution is 5.92. The molecule has 5 nitrogen and oxygen atoms in total. The number of carbonyl (C=O) groups is 1. The molecule has 0 atom stereocenters. The van der Waals surface area contributed by atoms with Crippen molar-refractivity contribution < 1.29 is 9.53 Å². The molecule has 0 spiro atoms. The van der Waals surface area contributed by atoms with Crippen LogP contribution < -0.4 is 10.1 Å². The summed E-state index contributed by atoms with van der Waals surface area (Å²) in [6, 6.07) is 12.3. The highest BCUT2D eigenvalue weighted by Crippen LogP contribution is 2.26. The zero-order valence-electron chi connectivity index (χ0n) is 15.0. The Balaban J connectivity index is 1.22. The van der Waals surface area contributed by atoms with Crippen LogP contribution in [0.2, 0.25) is 0 Å². The lowest BCUT2D eigenvalue weighted by Crippen LogP contribution is -2.45. The zero-order chi connectivity index (χ0) is 17.8. The summed E-state index contributed by atoms with van der Waals surface area (Å²) < 4.78 is 5.57. The molecule has 0 unspecified atom stereocenters. The van der Waals surface area contributed by atoms with E-state index in [4.69, 9.17) is 4.74 Å². The van der Waals surface area contributed by atoms with Gasteiger partial charge in [0.05, 0.1) is 6.61 Å². The van der Waals surface area contributed by atoms with Crippen molar-refractivity contribution in [1.29, 1.82) is 0 Å². The van der Waals surface area contributed by atoms with Gasteiger partial charge in [0.25, 0.3) is 5.91 Å². The van der Waals surface area contributed by atoms with Crippen LogP contribution in [-0.2, 0) is 12.8 Å². The molecule has 136 valence electrons. The number of fused-ring (bicyclic) bond motifs is 1. The minimum atomic E-state index is -0.0654. The normalized spacial score (nSPS) is 17.5. The Bertz CT molecular complexity index is 755. The second-order valence-corrected chi connectivity index (χ2v) is 7.09. The van der Waals surface area contributed by atoms with Gasteiger partial charge in [-0.15, -0.1) is 0 Å². The van der Waals surface area contributed by atoms with E-state index >= 15 is 0 Å². The first-order valence-electron chi connectivity index (χ1n) is 9.47. The summed E-state index contributed by atoms with van der Waals surface area (Å²) in [6.45, 7) is 3.94. The molecule has 1 fully saturated rings. The highest BCUT2D eigenvalue weighted by atomic mass is 16.5. The number of hydrogen-bond acceptors (Lipinski definition) is 4. The van der Waals surface area contributed by atoms with Gasteiger partial charge in [0.15, 0.2) is 0 Å². The molecule has 0 saturated carbocycles. The first-order valence-corrected chi connectivity index (χ1v) is 9.47. The fourth-order valence-corrected chi connectivity index (χ4v) is 3.74. The molecule has 2 aliphatic rings. The number of rotatable bonds is 5. The molecule has 2 aromatic rings. The number of piperidine rings is 1. The van der Waals surface area contributed by atoms with E-state index in [0.29, 0.717) is 5.69 Å². The van der Waals surface area contributed by atoms with Crippen molar-refractivity contribution in [3.05, 3.63) is 59.4 Å². The molecule has 1 amide bonds. The Hall–Kier alpha value is -2.40. The van der Waals surface area contributed by atoms with Gasteiger partial charge >= 0.3 is 0 Å². The van der Waals surface area contributed by atoms with Crippen molar-refractivity contribution in [2.75, 3.05) is 26.2 Å². The van der Waals surface area contributed by atoms with Crippen LogP contribution in [0.5, 0.6) is 5.75 Å². The van der Waals surface area contributed by atoms with Crippen molar-refractivity contribution >= 4 is 5.91 Å². The zero-order valence-corrected chi connectivity index (χ0v) is 15.0. The fraction of sp³-hybridized carbons (Fsp3) is 0.429. The summed E-state index contributed by atoms with van der Waals surface area (Å²) in [4.78, 5) is 18.8. The van der Waals surface area contributed by atoms with E-state index in [0.717, 1.165) is 57.7 Å². The predicted octanol–water partition coefficient (Wildman–Crippen LogP) is 2.45. The summed E-state index contributed by atoms with van der Waals surface area (Å²) in [5.41, 5.74) is 3.23. The van der Waals surface area contributed by atoms with Crippen LogP contribution in [0, 0.1) is 0 Å². The molecule has 1 saturated heterocycles. The van der Waals surface area contributed by atoms with E-state index in [9.17, 15) is 4.79 Å². The number of carbonyl (C=O) groups excluding carboxylic acids is 1. The molecule has 4 rings (SSSR count). The maximum atomic E-state index is 12.2. The molecular formula is C21H25N3O2. The monoisotopic (exact) mass is 351 g/mol. The van der Waals surface area contributed by atoms with Crippen molar-refractivity contribution in [2.45, 2.75) is 31.7 Å². The minimum Gasteiger partial charge on any atom is -0.493 e. The molecule has 0 bridgehead atoms. The van der Waals surface area contributed by atoms with Gasteiger partial charge in [-0.2, -0.15) is 0 Å². The lowest BCUT2D eigenvalue weighted by molar-refractivity contribution is 0.0906. The van der Waals surface area contributed by atoms with Crippen molar-refractivity contribution in [3.63, 3.8) is 0 Å². The first-order chi connectivity index (χ1) is 12.8. The second kappa shape index (κ2) is 7.87. The van der Waals surface area contributed by atoms with E-state index in [1.54, 1.807) is 12.3 Å². The largest absolute Gasteiger partial charge is 0.493 e. The number of benzene rings is 1. The Morgan fingerprint density at radius 2 is 2.12 bits per heavy atom. The third-order valence-electron chi connectivity index (χ3n) is 5.29. The Morgan fingerprint density at radius 3 is 2.92 bits per heavy atom. The van der Waals surface area contributed by atoms with Crippen molar-refractivity contribution in [2.24, 2.45) is 0 Å². The average Bonchev–Trinajstić information content (AvgIpc) is 3.16. The SMILES string of the molecule is O=C(NC1CCN(CCc2ccc3c(c2)CCO3)CC1)c1ccccn1. The lowest BCUT2D eigenvalue weighted by atomic mass is 10.0.